The first-order valence-corrected chi connectivity index (χ1v) is 5.41. The maximum atomic E-state index is 13.8. The van der Waals surface area contributed by atoms with Gasteiger partial charge in [-0.15, -0.1) is 0 Å². The molecule has 0 aliphatic heterocycles. The Bertz CT molecular complexity index is 499. The maximum Gasteiger partial charge on any atom is 0.128 e. The molecule has 0 bridgehead atoms. The van der Waals surface area contributed by atoms with Crippen LogP contribution in [0.2, 0.25) is 0 Å². The van der Waals surface area contributed by atoms with Gasteiger partial charge in [-0.05, 0) is 26.1 Å². The molecule has 2 rings (SSSR count). The van der Waals surface area contributed by atoms with Gasteiger partial charge in [0.1, 0.15) is 12.1 Å². The number of aromatic nitrogens is 2. The van der Waals surface area contributed by atoms with E-state index in [1.807, 2.05) is 13.0 Å². The third-order valence-electron chi connectivity index (χ3n) is 2.65. The van der Waals surface area contributed by atoms with Gasteiger partial charge in [0.15, 0.2) is 0 Å². The minimum absolute atomic E-state index is 0.228. The standard InChI is InChI=1S/C13H14FN3/c1-9-3-4-11(14)10(7-9)13(15-2)12-5-6-16-8-17-12/h3-8,13,15H,1-2H3. The van der Waals surface area contributed by atoms with Crippen molar-refractivity contribution in [3.63, 3.8) is 0 Å². The largest absolute Gasteiger partial charge is 0.308 e. The van der Waals surface area contributed by atoms with E-state index >= 15 is 0 Å². The van der Waals surface area contributed by atoms with Crippen LogP contribution in [0.25, 0.3) is 0 Å². The molecule has 1 unspecified atom stereocenters. The Labute approximate surface area is 99.7 Å². The van der Waals surface area contributed by atoms with Crippen LogP contribution in [0.4, 0.5) is 4.39 Å². The van der Waals surface area contributed by atoms with Gasteiger partial charge in [-0.2, -0.15) is 0 Å². The van der Waals surface area contributed by atoms with Crippen LogP contribution in [0.1, 0.15) is 22.9 Å². The summed E-state index contributed by atoms with van der Waals surface area (Å²) < 4.78 is 13.8. The molecule has 1 aromatic heterocycles. The van der Waals surface area contributed by atoms with E-state index in [9.17, 15) is 4.39 Å². The summed E-state index contributed by atoms with van der Waals surface area (Å²) in [4.78, 5) is 8.02. The monoisotopic (exact) mass is 231 g/mol. The lowest BCUT2D eigenvalue weighted by Crippen LogP contribution is -2.20. The summed E-state index contributed by atoms with van der Waals surface area (Å²) in [6.45, 7) is 1.94. The van der Waals surface area contributed by atoms with Crippen molar-refractivity contribution in [3.05, 3.63) is 59.4 Å². The van der Waals surface area contributed by atoms with Gasteiger partial charge in [-0.1, -0.05) is 17.7 Å². The number of hydrogen-bond acceptors (Lipinski definition) is 3. The number of benzene rings is 1. The zero-order valence-corrected chi connectivity index (χ0v) is 9.81. The molecule has 1 heterocycles. The molecule has 0 spiro atoms. The Kier molecular flexibility index (Phi) is 3.44. The average Bonchev–Trinajstić information content (AvgIpc) is 2.36. The van der Waals surface area contributed by atoms with Gasteiger partial charge >= 0.3 is 0 Å². The highest BCUT2D eigenvalue weighted by atomic mass is 19.1. The van der Waals surface area contributed by atoms with Gasteiger partial charge in [-0.3, -0.25) is 0 Å². The van der Waals surface area contributed by atoms with E-state index in [2.05, 4.69) is 15.3 Å². The van der Waals surface area contributed by atoms with E-state index in [1.54, 1.807) is 25.4 Å². The highest BCUT2D eigenvalue weighted by Crippen LogP contribution is 2.23. The topological polar surface area (TPSA) is 37.8 Å². The Morgan fingerprint density at radius 1 is 1.29 bits per heavy atom. The van der Waals surface area contributed by atoms with E-state index < -0.39 is 0 Å². The SMILES string of the molecule is CNC(c1ccncn1)c1cc(C)ccc1F. The van der Waals surface area contributed by atoms with Gasteiger partial charge in [0.25, 0.3) is 0 Å². The molecular formula is C13H14FN3. The van der Waals surface area contributed by atoms with Crippen LogP contribution >= 0.6 is 0 Å². The molecule has 3 nitrogen and oxygen atoms in total. The maximum absolute atomic E-state index is 13.8. The van der Waals surface area contributed by atoms with E-state index in [0.717, 1.165) is 11.3 Å². The molecule has 2 aromatic rings. The van der Waals surface area contributed by atoms with Crippen molar-refractivity contribution in [1.29, 1.82) is 0 Å². The van der Waals surface area contributed by atoms with Gasteiger partial charge in [0.05, 0.1) is 11.7 Å². The van der Waals surface area contributed by atoms with Crippen molar-refractivity contribution >= 4 is 0 Å². The first-order chi connectivity index (χ1) is 8.22. The van der Waals surface area contributed by atoms with Crippen LogP contribution in [0.3, 0.4) is 0 Å². The van der Waals surface area contributed by atoms with Gasteiger partial charge < -0.3 is 5.32 Å². The number of nitrogens with zero attached hydrogens (tertiary/aromatic N) is 2. The third kappa shape index (κ3) is 2.47. The minimum Gasteiger partial charge on any atom is -0.308 e. The van der Waals surface area contributed by atoms with Crippen LogP contribution in [0, 0.1) is 12.7 Å². The second-order valence-electron chi connectivity index (χ2n) is 3.88. The lowest BCUT2D eigenvalue weighted by atomic mass is 10.0. The Balaban J connectivity index is 2.46. The van der Waals surface area contributed by atoms with Crippen LogP contribution in [0.15, 0.2) is 36.8 Å². The summed E-state index contributed by atoms with van der Waals surface area (Å²) in [7, 11) is 1.79. The van der Waals surface area contributed by atoms with E-state index in [-0.39, 0.29) is 11.9 Å². The van der Waals surface area contributed by atoms with Crippen molar-refractivity contribution in [2.75, 3.05) is 7.05 Å². The summed E-state index contributed by atoms with van der Waals surface area (Å²) in [5.41, 5.74) is 2.38. The van der Waals surface area contributed by atoms with Crippen LogP contribution in [-0.4, -0.2) is 17.0 Å². The van der Waals surface area contributed by atoms with Crippen molar-refractivity contribution < 1.29 is 4.39 Å². The zero-order chi connectivity index (χ0) is 12.3. The Morgan fingerprint density at radius 2 is 2.12 bits per heavy atom. The fraction of sp³-hybridized carbons (Fsp3) is 0.231. The molecule has 17 heavy (non-hydrogen) atoms. The highest BCUT2D eigenvalue weighted by Gasteiger charge is 2.17. The summed E-state index contributed by atoms with van der Waals surface area (Å²) in [6.07, 6.45) is 3.12. The molecule has 0 aliphatic rings. The van der Waals surface area contributed by atoms with Crippen molar-refractivity contribution in [2.24, 2.45) is 0 Å². The van der Waals surface area contributed by atoms with Gasteiger partial charge in [0.2, 0.25) is 0 Å². The van der Waals surface area contributed by atoms with Crippen molar-refractivity contribution in [3.8, 4) is 0 Å². The van der Waals surface area contributed by atoms with E-state index in [1.165, 1.54) is 12.4 Å². The first-order valence-electron chi connectivity index (χ1n) is 5.41. The molecule has 1 aromatic carbocycles. The predicted molar refractivity (Wildman–Crippen MR) is 64.1 cm³/mol. The fourth-order valence-corrected chi connectivity index (χ4v) is 1.82. The second-order valence-corrected chi connectivity index (χ2v) is 3.88. The van der Waals surface area contributed by atoms with Crippen molar-refractivity contribution in [1.82, 2.24) is 15.3 Å². The smallest absolute Gasteiger partial charge is 0.128 e. The van der Waals surface area contributed by atoms with Crippen molar-refractivity contribution in [2.45, 2.75) is 13.0 Å². The van der Waals surface area contributed by atoms with Crippen LogP contribution in [0.5, 0.6) is 0 Å². The number of aryl methyl sites for hydroxylation is 1. The average molecular weight is 231 g/mol. The highest BCUT2D eigenvalue weighted by molar-refractivity contribution is 5.31. The second kappa shape index (κ2) is 5.01. The lowest BCUT2D eigenvalue weighted by Gasteiger charge is -2.17. The Morgan fingerprint density at radius 3 is 2.76 bits per heavy atom. The van der Waals surface area contributed by atoms with Crippen LogP contribution in [-0.2, 0) is 0 Å². The molecule has 4 heteroatoms. The number of nitrogens with one attached hydrogen (secondary N) is 1. The number of hydrogen-bond donors (Lipinski definition) is 1. The lowest BCUT2D eigenvalue weighted by molar-refractivity contribution is 0.569. The number of rotatable bonds is 3. The molecular weight excluding hydrogens is 217 g/mol. The summed E-state index contributed by atoms with van der Waals surface area (Å²) in [5.74, 6) is -0.228. The van der Waals surface area contributed by atoms with Crippen LogP contribution < -0.4 is 5.32 Å². The summed E-state index contributed by atoms with van der Waals surface area (Å²) >= 11 is 0. The number of halogens is 1. The normalized spacial score (nSPS) is 12.4. The minimum atomic E-state index is -0.252. The summed E-state index contributed by atoms with van der Waals surface area (Å²) in [5, 5.41) is 3.07. The molecule has 0 aliphatic carbocycles. The molecule has 88 valence electrons. The van der Waals surface area contributed by atoms with Gasteiger partial charge in [-0.25, -0.2) is 14.4 Å². The van der Waals surface area contributed by atoms with Gasteiger partial charge in [0, 0.05) is 11.8 Å². The molecule has 0 amide bonds. The van der Waals surface area contributed by atoms with E-state index in [0.29, 0.717) is 5.56 Å². The summed E-state index contributed by atoms with van der Waals surface area (Å²) in [6, 6.07) is 6.60. The molecule has 1 N–H and O–H groups in total. The molecule has 0 fully saturated rings. The fourth-order valence-electron chi connectivity index (χ4n) is 1.82. The Hall–Kier alpha value is -1.81. The quantitative estimate of drug-likeness (QED) is 0.880. The predicted octanol–water partition coefficient (Wildman–Crippen LogP) is 2.23. The third-order valence-corrected chi connectivity index (χ3v) is 2.65. The zero-order valence-electron chi connectivity index (χ0n) is 9.81. The molecule has 1 atom stereocenters. The first kappa shape index (κ1) is 11.7. The van der Waals surface area contributed by atoms with E-state index in [4.69, 9.17) is 0 Å². The molecule has 0 radical (unpaired) electrons. The molecule has 0 saturated carbocycles. The molecule has 0 saturated heterocycles.